The van der Waals surface area contributed by atoms with Crippen molar-refractivity contribution in [3.05, 3.63) is 0 Å². The molecule has 0 aromatic heterocycles. The SMILES string of the molecule is CCCCCCCCCCCCCCCCCCCCCCC(=O)OC(COC(=O)CCCCCCCCCCCCCCCCCC)COP(=O)(O)OC1C(O)C(O)C(O)C(O)C1O. The fourth-order valence-corrected chi connectivity index (χ4v) is 9.62. The number of esters is 2. The number of rotatable bonds is 46. The van der Waals surface area contributed by atoms with E-state index >= 15 is 0 Å². The molecule has 0 amide bonds. The zero-order valence-corrected chi connectivity index (χ0v) is 42.2. The Labute approximate surface area is 395 Å². The Balaban J connectivity index is 2.36. The zero-order valence-electron chi connectivity index (χ0n) is 41.3. The molecule has 0 saturated heterocycles. The van der Waals surface area contributed by atoms with E-state index in [1.54, 1.807) is 0 Å². The van der Waals surface area contributed by atoms with E-state index in [-0.39, 0.29) is 12.8 Å². The molecule has 1 rings (SSSR count). The second kappa shape index (κ2) is 41.8. The van der Waals surface area contributed by atoms with E-state index in [4.69, 9.17) is 18.5 Å². The van der Waals surface area contributed by atoms with Crippen molar-refractivity contribution in [2.24, 2.45) is 0 Å². The molecule has 0 heterocycles. The Morgan fingerprint density at radius 3 is 1.02 bits per heavy atom. The maximum Gasteiger partial charge on any atom is 0.472 e. The van der Waals surface area contributed by atoms with Crippen molar-refractivity contribution in [3.8, 4) is 0 Å². The van der Waals surface area contributed by atoms with Crippen LogP contribution in [0.3, 0.4) is 0 Å². The monoisotopic (exact) mass is 951 g/mol. The normalized spacial score (nSPS) is 21.3. The van der Waals surface area contributed by atoms with Crippen molar-refractivity contribution in [2.75, 3.05) is 13.2 Å². The molecule has 0 radical (unpaired) electrons. The molecular weight excluding hydrogens is 852 g/mol. The van der Waals surface area contributed by atoms with Gasteiger partial charge in [0, 0.05) is 12.8 Å². The van der Waals surface area contributed by atoms with Crippen LogP contribution in [-0.2, 0) is 32.7 Å². The van der Waals surface area contributed by atoms with E-state index < -0.39 is 75.7 Å². The summed E-state index contributed by atoms with van der Waals surface area (Å²) in [4.78, 5) is 35.9. The summed E-state index contributed by atoms with van der Waals surface area (Å²) >= 11 is 0. The van der Waals surface area contributed by atoms with E-state index in [9.17, 15) is 44.6 Å². The molecule has 386 valence electrons. The fourth-order valence-electron chi connectivity index (χ4n) is 8.64. The quantitative estimate of drug-likeness (QED) is 0.0191. The van der Waals surface area contributed by atoms with Crippen LogP contribution in [0.4, 0.5) is 0 Å². The van der Waals surface area contributed by atoms with Crippen molar-refractivity contribution in [2.45, 2.75) is 301 Å². The summed E-state index contributed by atoms with van der Waals surface area (Å²) in [6.45, 7) is 3.36. The number of carbonyl (C=O) groups excluding carboxylic acids is 2. The Morgan fingerprint density at radius 2 is 0.692 bits per heavy atom. The molecule has 6 unspecified atom stereocenters. The smallest absolute Gasteiger partial charge is 0.462 e. The molecule has 0 aliphatic heterocycles. The van der Waals surface area contributed by atoms with Gasteiger partial charge in [-0.25, -0.2) is 4.57 Å². The van der Waals surface area contributed by atoms with Crippen LogP contribution < -0.4 is 0 Å². The third kappa shape index (κ3) is 33.9. The maximum absolute atomic E-state index is 12.9. The molecule has 6 atom stereocenters. The van der Waals surface area contributed by atoms with Gasteiger partial charge in [0.05, 0.1) is 6.61 Å². The molecule has 6 N–H and O–H groups in total. The number of carbonyl (C=O) groups is 2. The second-order valence-corrected chi connectivity index (χ2v) is 20.5. The van der Waals surface area contributed by atoms with Gasteiger partial charge in [0.1, 0.15) is 43.2 Å². The van der Waals surface area contributed by atoms with Crippen LogP contribution >= 0.6 is 7.82 Å². The first kappa shape index (κ1) is 61.9. The van der Waals surface area contributed by atoms with Gasteiger partial charge in [-0.3, -0.25) is 18.6 Å². The first-order valence-electron chi connectivity index (χ1n) is 26.8. The van der Waals surface area contributed by atoms with Crippen LogP contribution in [0.5, 0.6) is 0 Å². The highest BCUT2D eigenvalue weighted by atomic mass is 31.2. The van der Waals surface area contributed by atoms with Crippen LogP contribution in [-0.4, -0.2) is 98.3 Å². The number of phosphoric acid groups is 1. The number of hydrogen-bond acceptors (Lipinski definition) is 12. The molecule has 0 aromatic rings. The van der Waals surface area contributed by atoms with Gasteiger partial charge in [0.2, 0.25) is 0 Å². The zero-order chi connectivity index (χ0) is 47.8. The topological polar surface area (TPSA) is 210 Å². The van der Waals surface area contributed by atoms with Gasteiger partial charge in [-0.15, -0.1) is 0 Å². The lowest BCUT2D eigenvalue weighted by molar-refractivity contribution is -0.220. The fraction of sp³-hybridized carbons (Fsp3) is 0.961. The molecule has 1 aliphatic carbocycles. The van der Waals surface area contributed by atoms with Gasteiger partial charge in [0.15, 0.2) is 6.10 Å². The van der Waals surface area contributed by atoms with Gasteiger partial charge in [0.25, 0.3) is 0 Å². The Morgan fingerprint density at radius 1 is 0.415 bits per heavy atom. The summed E-state index contributed by atoms with van der Waals surface area (Å²) in [5.41, 5.74) is 0. The predicted octanol–water partition coefficient (Wildman–Crippen LogP) is 11.6. The van der Waals surface area contributed by atoms with E-state index in [1.807, 2.05) is 0 Å². The summed E-state index contributed by atoms with van der Waals surface area (Å²) < 4.78 is 33.7. The molecule has 1 aliphatic rings. The van der Waals surface area contributed by atoms with Crippen LogP contribution in [0.1, 0.15) is 258 Å². The second-order valence-electron chi connectivity index (χ2n) is 19.1. The highest BCUT2D eigenvalue weighted by Crippen LogP contribution is 2.47. The summed E-state index contributed by atoms with van der Waals surface area (Å²) in [5, 5.41) is 50.3. The maximum atomic E-state index is 12.9. The van der Waals surface area contributed by atoms with Crippen molar-refractivity contribution in [3.63, 3.8) is 0 Å². The number of aliphatic hydroxyl groups is 5. The standard InChI is InChI=1S/C51H99O13P/c1-3-5-7-9-11-13-15-17-19-21-22-23-24-26-28-30-32-34-36-38-40-45(53)63-43(42-62-65(59,60)64-51-49(57)47(55)46(54)48(56)50(51)58)41-61-44(52)39-37-35-33-31-29-27-25-20-18-16-14-12-10-8-6-4-2/h43,46-51,54-58H,3-42H2,1-2H3,(H,59,60). The predicted molar refractivity (Wildman–Crippen MR) is 258 cm³/mol. The molecule has 0 aromatic carbocycles. The van der Waals surface area contributed by atoms with Gasteiger partial charge < -0.3 is 39.9 Å². The first-order valence-corrected chi connectivity index (χ1v) is 28.3. The molecule has 1 fully saturated rings. The van der Waals surface area contributed by atoms with E-state index in [0.29, 0.717) is 12.8 Å². The summed E-state index contributed by atoms with van der Waals surface area (Å²) in [6.07, 6.45) is 31.5. The highest BCUT2D eigenvalue weighted by Gasteiger charge is 2.51. The van der Waals surface area contributed by atoms with Crippen molar-refractivity contribution in [1.82, 2.24) is 0 Å². The molecule has 0 spiro atoms. The van der Waals surface area contributed by atoms with Gasteiger partial charge in [-0.2, -0.15) is 0 Å². The number of aliphatic hydroxyl groups excluding tert-OH is 5. The summed E-state index contributed by atoms with van der Waals surface area (Å²) in [7, 11) is -5.11. The molecule has 13 nitrogen and oxygen atoms in total. The minimum atomic E-state index is -5.11. The van der Waals surface area contributed by atoms with Gasteiger partial charge in [-0.1, -0.05) is 232 Å². The first-order chi connectivity index (χ1) is 31.4. The van der Waals surface area contributed by atoms with E-state index in [1.165, 1.54) is 180 Å². The van der Waals surface area contributed by atoms with Crippen LogP contribution in [0.15, 0.2) is 0 Å². The minimum absolute atomic E-state index is 0.106. The number of ether oxygens (including phenoxy) is 2. The average molecular weight is 951 g/mol. The van der Waals surface area contributed by atoms with Crippen molar-refractivity contribution >= 4 is 19.8 Å². The number of phosphoric ester groups is 1. The summed E-state index contributed by atoms with van der Waals surface area (Å²) in [5.74, 6) is -1.08. The Bertz CT molecular complexity index is 1150. The van der Waals surface area contributed by atoms with Crippen LogP contribution in [0.2, 0.25) is 0 Å². The van der Waals surface area contributed by atoms with E-state index in [0.717, 1.165) is 38.5 Å². The third-order valence-electron chi connectivity index (χ3n) is 12.9. The lowest BCUT2D eigenvalue weighted by atomic mass is 9.85. The summed E-state index contributed by atoms with van der Waals surface area (Å²) in [6, 6.07) is 0. The number of unbranched alkanes of at least 4 members (excludes halogenated alkanes) is 34. The molecule has 14 heteroatoms. The molecule has 1 saturated carbocycles. The Kier molecular flexibility index (Phi) is 39.8. The highest BCUT2D eigenvalue weighted by molar-refractivity contribution is 7.47. The Hall–Kier alpha value is -1.15. The van der Waals surface area contributed by atoms with E-state index in [2.05, 4.69) is 13.8 Å². The lowest BCUT2D eigenvalue weighted by Gasteiger charge is -2.41. The molecule has 0 bridgehead atoms. The molecule has 65 heavy (non-hydrogen) atoms. The van der Waals surface area contributed by atoms with Gasteiger partial charge >= 0.3 is 19.8 Å². The largest absolute Gasteiger partial charge is 0.472 e. The van der Waals surface area contributed by atoms with Crippen LogP contribution in [0.25, 0.3) is 0 Å². The third-order valence-corrected chi connectivity index (χ3v) is 13.9. The van der Waals surface area contributed by atoms with Gasteiger partial charge in [-0.05, 0) is 12.8 Å². The van der Waals surface area contributed by atoms with Crippen molar-refractivity contribution in [1.29, 1.82) is 0 Å². The molecular formula is C51H99O13P. The van der Waals surface area contributed by atoms with Crippen molar-refractivity contribution < 1.29 is 63.1 Å². The van der Waals surface area contributed by atoms with Crippen LogP contribution in [0, 0.1) is 0 Å². The minimum Gasteiger partial charge on any atom is -0.462 e. The number of hydrogen-bond donors (Lipinski definition) is 6. The lowest BCUT2D eigenvalue weighted by Crippen LogP contribution is -2.64. The average Bonchev–Trinajstić information content (AvgIpc) is 3.29.